The second-order valence-corrected chi connectivity index (χ2v) is 8.20. The summed E-state index contributed by atoms with van der Waals surface area (Å²) in [4.78, 5) is 19.2. The van der Waals surface area contributed by atoms with Crippen LogP contribution < -0.4 is 10.1 Å². The first-order valence-electron chi connectivity index (χ1n) is 10.8. The third kappa shape index (κ3) is 5.26. The minimum atomic E-state index is 0.00197. The molecule has 2 aromatic carbocycles. The zero-order valence-electron chi connectivity index (χ0n) is 18.3. The minimum absolute atomic E-state index is 0.00197. The van der Waals surface area contributed by atoms with E-state index in [-0.39, 0.29) is 6.03 Å². The van der Waals surface area contributed by atoms with Gasteiger partial charge in [-0.1, -0.05) is 42.5 Å². The fourth-order valence-corrected chi connectivity index (χ4v) is 4.13. The van der Waals surface area contributed by atoms with Crippen LogP contribution in [0.25, 0.3) is 0 Å². The second-order valence-electron chi connectivity index (χ2n) is 8.20. The summed E-state index contributed by atoms with van der Waals surface area (Å²) >= 11 is 0. The van der Waals surface area contributed by atoms with Gasteiger partial charge in [-0.3, -0.25) is 0 Å². The molecule has 0 spiro atoms. The van der Waals surface area contributed by atoms with Gasteiger partial charge in [0.05, 0.1) is 7.11 Å². The van der Waals surface area contributed by atoms with Gasteiger partial charge in [0.25, 0.3) is 0 Å². The average molecular weight is 419 g/mol. The molecule has 6 nitrogen and oxygen atoms in total. The van der Waals surface area contributed by atoms with Crippen LogP contribution in [0.2, 0.25) is 0 Å². The Bertz CT molecular complexity index is 998. The van der Waals surface area contributed by atoms with Gasteiger partial charge >= 0.3 is 6.03 Å². The van der Waals surface area contributed by atoms with Crippen molar-refractivity contribution in [1.29, 1.82) is 0 Å². The number of methoxy groups -OCH3 is 1. The molecule has 2 amide bonds. The van der Waals surface area contributed by atoms with Crippen molar-refractivity contribution in [3.05, 3.63) is 83.4 Å². The summed E-state index contributed by atoms with van der Waals surface area (Å²) < 4.78 is 7.47. The van der Waals surface area contributed by atoms with Crippen LogP contribution in [0.5, 0.6) is 5.75 Å². The van der Waals surface area contributed by atoms with E-state index < -0.39 is 0 Å². The monoisotopic (exact) mass is 418 g/mol. The Morgan fingerprint density at radius 3 is 2.65 bits per heavy atom. The predicted molar refractivity (Wildman–Crippen MR) is 121 cm³/mol. The molecule has 162 valence electrons. The molecule has 6 heteroatoms. The number of rotatable bonds is 7. The van der Waals surface area contributed by atoms with E-state index >= 15 is 0 Å². The van der Waals surface area contributed by atoms with Crippen LogP contribution in [0.15, 0.2) is 60.8 Å². The molecule has 1 aliphatic rings. The SMILES string of the molecule is COc1ccc(CNC(=O)N2CCC(Cc3ncc(C)n3Cc3ccccc3)C2)cc1. The fraction of sp³-hybridized carbons (Fsp3) is 0.360. The number of urea groups is 1. The van der Waals surface area contributed by atoms with Crippen LogP contribution >= 0.6 is 0 Å². The molecule has 1 aliphatic heterocycles. The van der Waals surface area contributed by atoms with Gasteiger partial charge in [-0.15, -0.1) is 0 Å². The van der Waals surface area contributed by atoms with Crippen LogP contribution in [0.3, 0.4) is 0 Å². The topological polar surface area (TPSA) is 59.4 Å². The van der Waals surface area contributed by atoms with Crippen molar-refractivity contribution in [2.45, 2.75) is 32.9 Å². The maximum atomic E-state index is 12.6. The summed E-state index contributed by atoms with van der Waals surface area (Å²) in [5.41, 5.74) is 3.50. The number of aromatic nitrogens is 2. The van der Waals surface area contributed by atoms with Crippen molar-refractivity contribution < 1.29 is 9.53 Å². The Morgan fingerprint density at radius 1 is 1.13 bits per heavy atom. The molecule has 1 aromatic heterocycles. The predicted octanol–water partition coefficient (Wildman–Crippen LogP) is 4.02. The highest BCUT2D eigenvalue weighted by Crippen LogP contribution is 2.22. The van der Waals surface area contributed by atoms with E-state index in [0.29, 0.717) is 12.5 Å². The molecule has 1 fully saturated rings. The highest BCUT2D eigenvalue weighted by molar-refractivity contribution is 5.74. The van der Waals surface area contributed by atoms with Crippen LogP contribution in [-0.4, -0.2) is 40.7 Å². The van der Waals surface area contributed by atoms with Gasteiger partial charge < -0.3 is 19.5 Å². The first-order chi connectivity index (χ1) is 15.1. The van der Waals surface area contributed by atoms with Crippen molar-refractivity contribution in [2.75, 3.05) is 20.2 Å². The molecule has 3 aromatic rings. The van der Waals surface area contributed by atoms with Crippen LogP contribution in [0.1, 0.15) is 29.1 Å². The molecule has 2 heterocycles. The van der Waals surface area contributed by atoms with Gasteiger partial charge in [-0.05, 0) is 42.5 Å². The number of nitrogens with zero attached hydrogens (tertiary/aromatic N) is 3. The fourth-order valence-electron chi connectivity index (χ4n) is 4.13. The number of hydrogen-bond acceptors (Lipinski definition) is 3. The number of nitrogens with one attached hydrogen (secondary N) is 1. The van der Waals surface area contributed by atoms with E-state index in [2.05, 4.69) is 46.1 Å². The molecule has 0 bridgehead atoms. The van der Waals surface area contributed by atoms with Gasteiger partial charge in [0, 0.05) is 44.5 Å². The molecular weight excluding hydrogens is 388 g/mol. The van der Waals surface area contributed by atoms with E-state index in [1.54, 1.807) is 7.11 Å². The molecule has 0 aliphatic carbocycles. The van der Waals surface area contributed by atoms with Crippen molar-refractivity contribution in [3.63, 3.8) is 0 Å². The summed E-state index contributed by atoms with van der Waals surface area (Å²) in [7, 11) is 1.65. The molecule has 0 radical (unpaired) electrons. The molecule has 31 heavy (non-hydrogen) atoms. The molecule has 1 unspecified atom stereocenters. The summed E-state index contributed by atoms with van der Waals surface area (Å²) in [6.45, 7) is 5.02. The third-order valence-corrected chi connectivity index (χ3v) is 5.97. The number of likely N-dealkylation sites (tertiary alicyclic amines) is 1. The van der Waals surface area contributed by atoms with Crippen molar-refractivity contribution in [2.24, 2.45) is 5.92 Å². The lowest BCUT2D eigenvalue weighted by atomic mass is 10.0. The summed E-state index contributed by atoms with van der Waals surface area (Å²) in [5.74, 6) is 2.35. The highest BCUT2D eigenvalue weighted by Gasteiger charge is 2.27. The van der Waals surface area contributed by atoms with Crippen LogP contribution in [-0.2, 0) is 19.5 Å². The van der Waals surface area contributed by atoms with Gasteiger partial charge in [0.2, 0.25) is 0 Å². The second kappa shape index (κ2) is 9.69. The van der Waals surface area contributed by atoms with Gasteiger partial charge in [0.1, 0.15) is 11.6 Å². The van der Waals surface area contributed by atoms with Gasteiger partial charge in [0.15, 0.2) is 0 Å². The number of carbonyl (C=O) groups excluding carboxylic acids is 1. The Morgan fingerprint density at radius 2 is 1.90 bits per heavy atom. The average Bonchev–Trinajstić information content (AvgIpc) is 3.41. The van der Waals surface area contributed by atoms with Crippen molar-refractivity contribution >= 4 is 6.03 Å². The maximum absolute atomic E-state index is 12.6. The quantitative estimate of drug-likeness (QED) is 0.630. The number of benzene rings is 2. The normalized spacial score (nSPS) is 15.8. The first kappa shape index (κ1) is 21.0. The Labute approximate surface area is 183 Å². The summed E-state index contributed by atoms with van der Waals surface area (Å²) in [5, 5.41) is 3.04. The molecule has 1 saturated heterocycles. The molecule has 1 atom stereocenters. The smallest absolute Gasteiger partial charge is 0.317 e. The largest absolute Gasteiger partial charge is 0.497 e. The lowest BCUT2D eigenvalue weighted by molar-refractivity contribution is 0.206. The van der Waals surface area contributed by atoms with Crippen molar-refractivity contribution in [1.82, 2.24) is 19.8 Å². The Hall–Kier alpha value is -3.28. The lowest BCUT2D eigenvalue weighted by Gasteiger charge is -2.18. The zero-order valence-corrected chi connectivity index (χ0v) is 18.3. The number of hydrogen-bond donors (Lipinski definition) is 1. The minimum Gasteiger partial charge on any atom is -0.497 e. The molecule has 1 N–H and O–H groups in total. The van der Waals surface area contributed by atoms with E-state index in [0.717, 1.165) is 49.6 Å². The summed E-state index contributed by atoms with van der Waals surface area (Å²) in [6, 6.07) is 18.2. The third-order valence-electron chi connectivity index (χ3n) is 5.97. The summed E-state index contributed by atoms with van der Waals surface area (Å²) in [6.07, 6.45) is 3.85. The van der Waals surface area contributed by atoms with Crippen molar-refractivity contribution in [3.8, 4) is 5.75 Å². The Balaban J connectivity index is 1.30. The molecular formula is C25H30N4O2. The standard InChI is InChI=1S/C25H30N4O2/c1-19-15-26-24(29(19)18-21-6-4-3-5-7-21)14-22-12-13-28(17-22)25(30)27-16-20-8-10-23(31-2)11-9-20/h3-11,15,22H,12-14,16-18H2,1-2H3,(H,27,30). The first-order valence-corrected chi connectivity index (χ1v) is 10.8. The zero-order chi connectivity index (χ0) is 21.6. The number of aryl methyl sites for hydroxylation is 1. The lowest BCUT2D eigenvalue weighted by Crippen LogP contribution is -2.38. The number of amides is 2. The van der Waals surface area contributed by atoms with E-state index in [1.165, 1.54) is 11.3 Å². The number of imidazole rings is 1. The van der Waals surface area contributed by atoms with E-state index in [1.807, 2.05) is 41.4 Å². The highest BCUT2D eigenvalue weighted by atomic mass is 16.5. The maximum Gasteiger partial charge on any atom is 0.317 e. The molecule has 0 saturated carbocycles. The van der Waals surface area contributed by atoms with Gasteiger partial charge in [-0.2, -0.15) is 0 Å². The van der Waals surface area contributed by atoms with Crippen LogP contribution in [0, 0.1) is 12.8 Å². The van der Waals surface area contributed by atoms with Crippen LogP contribution in [0.4, 0.5) is 4.79 Å². The number of carbonyl (C=O) groups is 1. The van der Waals surface area contributed by atoms with E-state index in [9.17, 15) is 4.79 Å². The molecule has 4 rings (SSSR count). The van der Waals surface area contributed by atoms with E-state index in [4.69, 9.17) is 4.74 Å². The Kier molecular flexibility index (Phi) is 6.55. The van der Waals surface area contributed by atoms with Gasteiger partial charge in [-0.25, -0.2) is 9.78 Å². The number of ether oxygens (including phenoxy) is 1.